The molecule has 0 radical (unpaired) electrons. The molecule has 0 aromatic heterocycles. The van der Waals surface area contributed by atoms with Crippen molar-refractivity contribution in [1.29, 1.82) is 0 Å². The molecule has 0 saturated carbocycles. The second kappa shape index (κ2) is 19.2. The summed E-state index contributed by atoms with van der Waals surface area (Å²) < 4.78 is 50.9. The highest BCUT2D eigenvalue weighted by Gasteiger charge is 2.53. The van der Waals surface area contributed by atoms with E-state index >= 15 is 0 Å². The second-order valence-electron chi connectivity index (χ2n) is 17.5. The van der Waals surface area contributed by atoms with E-state index in [1.807, 2.05) is 67.6 Å². The number of hydrogen-bond acceptors (Lipinski definition) is 14. The van der Waals surface area contributed by atoms with Crippen LogP contribution in [0.15, 0.2) is 0 Å². The molecule has 0 aliphatic carbocycles. The van der Waals surface area contributed by atoms with Gasteiger partial charge in [-0.1, -0.05) is 20.8 Å². The molecule has 3 rings (SSSR count). The molecule has 3 N–H and O–H groups in total. The molecule has 3 heterocycles. The van der Waals surface area contributed by atoms with Crippen LogP contribution in [0.25, 0.3) is 0 Å². The number of hydrogen-bond donors (Lipinski definition) is 3. The lowest BCUT2D eigenvalue weighted by Crippen LogP contribution is -2.61. The van der Waals surface area contributed by atoms with Gasteiger partial charge in [-0.3, -0.25) is 4.79 Å². The maximum atomic E-state index is 14.5. The molecule has 0 aromatic rings. The number of aliphatic hydroxyl groups is 3. The predicted molar refractivity (Wildman–Crippen MR) is 204 cm³/mol. The Morgan fingerprint density at radius 3 is 2.02 bits per heavy atom. The normalized spacial score (nSPS) is 48.2. The fourth-order valence-corrected chi connectivity index (χ4v) is 9.14. The van der Waals surface area contributed by atoms with Gasteiger partial charge in [-0.05, 0) is 94.8 Å². The summed E-state index contributed by atoms with van der Waals surface area (Å²) in [6.45, 7) is 19.6. The summed E-state index contributed by atoms with van der Waals surface area (Å²) in [6, 6.07) is -0.586. The molecule has 3 saturated heterocycles. The number of carbonyl (C=O) groups excluding carboxylic acids is 1. The third-order valence-electron chi connectivity index (χ3n) is 13.1. The molecular formula is C40H76N2O12. The molecule has 18 atom stereocenters. The van der Waals surface area contributed by atoms with Crippen LogP contribution in [0.1, 0.15) is 94.9 Å². The molecule has 14 heteroatoms. The van der Waals surface area contributed by atoms with E-state index in [9.17, 15) is 20.1 Å². The Labute approximate surface area is 325 Å². The smallest absolute Gasteiger partial charge is 0.311 e. The van der Waals surface area contributed by atoms with E-state index in [0.717, 1.165) is 0 Å². The van der Waals surface area contributed by atoms with Gasteiger partial charge in [0, 0.05) is 52.3 Å². The summed E-state index contributed by atoms with van der Waals surface area (Å²) in [5.74, 6) is -2.01. The van der Waals surface area contributed by atoms with Crippen molar-refractivity contribution in [1.82, 2.24) is 9.80 Å². The van der Waals surface area contributed by atoms with Gasteiger partial charge in [0.1, 0.15) is 30.0 Å². The Balaban J connectivity index is 2.23. The molecule has 0 bridgehead atoms. The van der Waals surface area contributed by atoms with Crippen LogP contribution in [-0.2, 0) is 42.7 Å². The Bertz CT molecular complexity index is 1180. The first-order chi connectivity index (χ1) is 25.0. The van der Waals surface area contributed by atoms with Crippen LogP contribution in [0.4, 0.5) is 0 Å². The Hall–Kier alpha value is -1.01. The summed E-state index contributed by atoms with van der Waals surface area (Å²) >= 11 is 0. The summed E-state index contributed by atoms with van der Waals surface area (Å²) in [7, 11) is 10.5. The summed E-state index contributed by atoms with van der Waals surface area (Å²) in [5.41, 5.74) is -3.21. The summed E-state index contributed by atoms with van der Waals surface area (Å²) in [6.07, 6.45) is -6.39. The third kappa shape index (κ3) is 10.2. The molecular weight excluding hydrogens is 700 g/mol. The van der Waals surface area contributed by atoms with Gasteiger partial charge in [-0.2, -0.15) is 0 Å². The van der Waals surface area contributed by atoms with E-state index in [-0.39, 0.29) is 30.5 Å². The molecule has 0 aromatic carbocycles. The van der Waals surface area contributed by atoms with Crippen molar-refractivity contribution in [2.24, 2.45) is 17.8 Å². The monoisotopic (exact) mass is 777 g/mol. The van der Waals surface area contributed by atoms with Crippen LogP contribution < -0.4 is 0 Å². The molecule has 14 nitrogen and oxygen atoms in total. The van der Waals surface area contributed by atoms with E-state index in [4.69, 9.17) is 37.9 Å². The minimum atomic E-state index is -1.23. The quantitative estimate of drug-likeness (QED) is 0.293. The topological polar surface area (TPSA) is 158 Å². The standard InChI is InChI=1S/C40H76N2O12/c1-17-29-40(10,49-16)33(44)26(6)42(13)21-22(2)19-39(9,48-15)35(54-37-31(43)28(41(11)12)18-23(3)50-37)24(4)32(25(5)36(46)52-29)53-30-20-38(8,47-14)34(45)27(7)51-30/h22-35,37,43-45H,17-21H2,1-16H3/t22-,23-,24+,25-,26-,27-,28-,29-,30+,31-,32+,33-,34+,35-,37+,38-,39-,40-/m1/s1. The van der Waals surface area contributed by atoms with Crippen LogP contribution in [0.3, 0.4) is 0 Å². The van der Waals surface area contributed by atoms with Crippen LogP contribution in [0.2, 0.25) is 0 Å². The largest absolute Gasteiger partial charge is 0.459 e. The van der Waals surface area contributed by atoms with E-state index in [0.29, 0.717) is 25.8 Å². The van der Waals surface area contributed by atoms with E-state index in [2.05, 4.69) is 11.8 Å². The molecule has 318 valence electrons. The zero-order chi connectivity index (χ0) is 41.1. The summed E-state index contributed by atoms with van der Waals surface area (Å²) in [4.78, 5) is 18.5. The van der Waals surface area contributed by atoms with E-state index < -0.39 is 89.9 Å². The van der Waals surface area contributed by atoms with Gasteiger partial charge in [0.15, 0.2) is 12.6 Å². The zero-order valence-corrected chi connectivity index (χ0v) is 36.1. The van der Waals surface area contributed by atoms with Crippen molar-refractivity contribution in [3.05, 3.63) is 0 Å². The number of ether oxygens (including phenoxy) is 8. The van der Waals surface area contributed by atoms with Crippen molar-refractivity contribution in [2.45, 2.75) is 185 Å². The lowest BCUT2D eigenvalue weighted by molar-refractivity contribution is -0.319. The molecule has 3 fully saturated rings. The highest BCUT2D eigenvalue weighted by Crippen LogP contribution is 2.41. The Kier molecular flexibility index (Phi) is 16.8. The Morgan fingerprint density at radius 1 is 0.870 bits per heavy atom. The number of esters is 1. The molecule has 3 aliphatic heterocycles. The number of methoxy groups -OCH3 is 3. The van der Waals surface area contributed by atoms with Crippen LogP contribution in [0.5, 0.6) is 0 Å². The lowest BCUT2D eigenvalue weighted by atomic mass is 9.77. The average Bonchev–Trinajstić information content (AvgIpc) is 3.12. The van der Waals surface area contributed by atoms with Crippen LogP contribution in [0, 0.1) is 17.8 Å². The summed E-state index contributed by atoms with van der Waals surface area (Å²) in [5, 5.41) is 34.5. The minimum absolute atomic E-state index is 0.0283. The minimum Gasteiger partial charge on any atom is -0.459 e. The van der Waals surface area contributed by atoms with Gasteiger partial charge in [0.05, 0.1) is 41.5 Å². The van der Waals surface area contributed by atoms with Gasteiger partial charge in [0.25, 0.3) is 0 Å². The maximum absolute atomic E-state index is 14.5. The number of carbonyl (C=O) groups is 1. The fourth-order valence-electron chi connectivity index (χ4n) is 9.14. The van der Waals surface area contributed by atoms with Crippen molar-refractivity contribution in [3.8, 4) is 0 Å². The highest BCUT2D eigenvalue weighted by atomic mass is 16.7. The molecule has 0 unspecified atom stereocenters. The Morgan fingerprint density at radius 2 is 1.48 bits per heavy atom. The second-order valence-corrected chi connectivity index (χ2v) is 17.5. The number of aliphatic hydroxyl groups excluding tert-OH is 3. The first-order valence-corrected chi connectivity index (χ1v) is 19.9. The van der Waals surface area contributed by atoms with E-state index in [1.54, 1.807) is 35.0 Å². The first-order valence-electron chi connectivity index (χ1n) is 19.9. The van der Waals surface area contributed by atoms with Gasteiger partial charge >= 0.3 is 5.97 Å². The number of cyclic esters (lactones) is 1. The fraction of sp³-hybridized carbons (Fsp3) is 0.975. The van der Waals surface area contributed by atoms with Gasteiger partial charge < -0.3 is 63.0 Å². The van der Waals surface area contributed by atoms with Gasteiger partial charge in [-0.25, -0.2) is 0 Å². The number of likely N-dealkylation sites (N-methyl/N-ethyl adjacent to an activating group) is 2. The van der Waals surface area contributed by atoms with Gasteiger partial charge in [-0.15, -0.1) is 0 Å². The molecule has 54 heavy (non-hydrogen) atoms. The number of nitrogens with zero attached hydrogens (tertiary/aromatic N) is 2. The van der Waals surface area contributed by atoms with Crippen LogP contribution >= 0.6 is 0 Å². The predicted octanol–water partition coefficient (Wildman–Crippen LogP) is 3.21. The van der Waals surface area contributed by atoms with E-state index in [1.165, 1.54) is 7.11 Å². The zero-order valence-electron chi connectivity index (χ0n) is 36.1. The maximum Gasteiger partial charge on any atom is 0.311 e. The third-order valence-corrected chi connectivity index (χ3v) is 13.1. The first kappa shape index (κ1) is 47.4. The van der Waals surface area contributed by atoms with Crippen LogP contribution in [-0.4, -0.2) is 170 Å². The molecule has 3 aliphatic rings. The van der Waals surface area contributed by atoms with Crippen molar-refractivity contribution < 1.29 is 58.0 Å². The van der Waals surface area contributed by atoms with Crippen molar-refractivity contribution in [3.63, 3.8) is 0 Å². The SMILES string of the molecule is CC[C@H]1OC(=O)[C@H](C)[C@@H](O[C@H]2C[C@@](C)(OC)[C@@H](O)[C@@H](C)O2)[C@H](C)[C@@H](O[C@@H]2O[C@H](C)C[C@@H](N(C)C)[C@H]2O)[C@](C)(OC)C[C@@H](C)CN(C)[C@H](C)[C@@H](O)[C@]1(C)OC. The highest BCUT2D eigenvalue weighted by molar-refractivity contribution is 5.73. The van der Waals surface area contributed by atoms with Crippen molar-refractivity contribution >= 4 is 5.97 Å². The average molecular weight is 777 g/mol. The lowest BCUT2D eigenvalue weighted by Gasteiger charge is -2.49. The van der Waals surface area contributed by atoms with Gasteiger partial charge in [0.2, 0.25) is 0 Å². The van der Waals surface area contributed by atoms with Crippen molar-refractivity contribution in [2.75, 3.05) is 49.0 Å². The molecule has 0 spiro atoms. The molecule has 0 amide bonds. The number of rotatable bonds is 9.